The van der Waals surface area contributed by atoms with Crippen molar-refractivity contribution in [3.63, 3.8) is 0 Å². The van der Waals surface area contributed by atoms with Gasteiger partial charge in [0.1, 0.15) is 23.0 Å². The number of pyridine rings is 1. The summed E-state index contributed by atoms with van der Waals surface area (Å²) in [5.74, 6) is -0.820. The van der Waals surface area contributed by atoms with Crippen LogP contribution in [0, 0.1) is 18.6 Å². The van der Waals surface area contributed by atoms with Gasteiger partial charge in [0.15, 0.2) is 0 Å². The molecule has 1 aromatic heterocycles. The lowest BCUT2D eigenvalue weighted by molar-refractivity contribution is 0.608. The molecule has 4 heteroatoms. The largest absolute Gasteiger partial charge is 0.384 e. The van der Waals surface area contributed by atoms with Crippen LogP contribution in [0.5, 0.6) is 0 Å². The van der Waals surface area contributed by atoms with Crippen LogP contribution in [0.25, 0.3) is 10.9 Å². The molecule has 0 aliphatic carbocycles. The first kappa shape index (κ1) is 8.87. The van der Waals surface area contributed by atoms with Gasteiger partial charge < -0.3 is 5.73 Å². The van der Waals surface area contributed by atoms with E-state index in [0.29, 0.717) is 0 Å². The summed E-state index contributed by atoms with van der Waals surface area (Å²) in [6, 6.07) is 4.00. The van der Waals surface area contributed by atoms with E-state index in [4.69, 9.17) is 5.73 Å². The number of fused-ring (bicyclic) bond motifs is 1. The summed E-state index contributed by atoms with van der Waals surface area (Å²) in [5, 5.41) is 0.164. The Balaban J connectivity index is 2.94. The van der Waals surface area contributed by atoms with Crippen molar-refractivity contribution in [1.29, 1.82) is 0 Å². The first-order valence-corrected chi connectivity index (χ1v) is 4.10. The van der Waals surface area contributed by atoms with Gasteiger partial charge in [-0.05, 0) is 30.7 Å². The van der Waals surface area contributed by atoms with Gasteiger partial charge in [-0.25, -0.2) is 13.8 Å². The Morgan fingerprint density at radius 1 is 1.29 bits per heavy atom. The molecule has 0 fully saturated rings. The molecule has 0 radical (unpaired) electrons. The number of nitrogens with zero attached hydrogens (tertiary/aromatic N) is 1. The number of nitrogen functional groups attached to an aromatic ring is 1. The highest BCUT2D eigenvalue weighted by molar-refractivity contribution is 5.82. The lowest BCUT2D eigenvalue weighted by Crippen LogP contribution is -1.95. The number of aromatic nitrogens is 1. The van der Waals surface area contributed by atoms with E-state index < -0.39 is 11.6 Å². The van der Waals surface area contributed by atoms with Crippen LogP contribution in [0.3, 0.4) is 0 Å². The minimum Gasteiger partial charge on any atom is -0.384 e. The van der Waals surface area contributed by atoms with Crippen molar-refractivity contribution in [2.45, 2.75) is 6.92 Å². The number of hydrogen-bond acceptors (Lipinski definition) is 2. The van der Waals surface area contributed by atoms with Crippen LogP contribution in [-0.4, -0.2) is 4.98 Å². The van der Waals surface area contributed by atoms with Gasteiger partial charge in [0.2, 0.25) is 0 Å². The molecular weight excluding hydrogens is 186 g/mol. The van der Waals surface area contributed by atoms with Gasteiger partial charge >= 0.3 is 0 Å². The summed E-state index contributed by atoms with van der Waals surface area (Å²) < 4.78 is 26.8. The van der Waals surface area contributed by atoms with Crippen molar-refractivity contribution in [3.05, 3.63) is 35.4 Å². The molecule has 0 aliphatic rings. The van der Waals surface area contributed by atoms with Crippen molar-refractivity contribution < 1.29 is 8.78 Å². The van der Waals surface area contributed by atoms with Gasteiger partial charge in [0, 0.05) is 5.39 Å². The van der Waals surface area contributed by atoms with E-state index in [2.05, 4.69) is 4.98 Å². The molecule has 72 valence electrons. The second-order valence-corrected chi connectivity index (χ2v) is 3.12. The number of nitrogens with two attached hydrogens (primary N) is 1. The number of halogens is 2. The summed E-state index contributed by atoms with van der Waals surface area (Å²) in [6.45, 7) is 1.51. The second kappa shape index (κ2) is 2.90. The molecule has 0 saturated heterocycles. The van der Waals surface area contributed by atoms with Crippen molar-refractivity contribution in [1.82, 2.24) is 4.98 Å². The Hall–Kier alpha value is -1.71. The number of aryl methyl sites for hydroxylation is 1. The van der Waals surface area contributed by atoms with E-state index >= 15 is 0 Å². The van der Waals surface area contributed by atoms with E-state index in [0.717, 1.165) is 6.07 Å². The fraction of sp³-hybridized carbons (Fsp3) is 0.100. The molecule has 14 heavy (non-hydrogen) atoms. The normalized spacial score (nSPS) is 10.8. The molecule has 0 atom stereocenters. The zero-order valence-corrected chi connectivity index (χ0v) is 7.51. The second-order valence-electron chi connectivity index (χ2n) is 3.12. The van der Waals surface area contributed by atoms with E-state index in [1.165, 1.54) is 19.1 Å². The molecular formula is C10H8F2N2. The van der Waals surface area contributed by atoms with Crippen LogP contribution in [0.4, 0.5) is 14.6 Å². The van der Waals surface area contributed by atoms with Crippen molar-refractivity contribution >= 4 is 16.7 Å². The van der Waals surface area contributed by atoms with Crippen LogP contribution in [0.15, 0.2) is 18.2 Å². The van der Waals surface area contributed by atoms with Gasteiger partial charge in [0.25, 0.3) is 0 Å². The van der Waals surface area contributed by atoms with Crippen molar-refractivity contribution in [2.75, 3.05) is 5.73 Å². The predicted octanol–water partition coefficient (Wildman–Crippen LogP) is 2.40. The molecule has 0 spiro atoms. The molecule has 2 aromatic rings. The van der Waals surface area contributed by atoms with Crippen molar-refractivity contribution in [3.8, 4) is 0 Å². The number of anilines is 1. The fourth-order valence-corrected chi connectivity index (χ4v) is 1.37. The zero-order chi connectivity index (χ0) is 10.3. The summed E-state index contributed by atoms with van der Waals surface area (Å²) in [4.78, 5) is 3.74. The number of rotatable bonds is 0. The maximum atomic E-state index is 13.5. The molecule has 0 bridgehead atoms. The number of hydrogen-bond donors (Lipinski definition) is 1. The minimum atomic E-state index is -0.550. The first-order valence-electron chi connectivity index (χ1n) is 4.10. The van der Waals surface area contributed by atoms with Crippen LogP contribution < -0.4 is 5.73 Å². The Morgan fingerprint density at radius 2 is 2.00 bits per heavy atom. The van der Waals surface area contributed by atoms with E-state index in [1.807, 2.05) is 0 Å². The number of benzene rings is 1. The Kier molecular flexibility index (Phi) is 1.84. The maximum Gasteiger partial charge on any atom is 0.149 e. The summed E-state index contributed by atoms with van der Waals surface area (Å²) >= 11 is 0. The van der Waals surface area contributed by atoms with Gasteiger partial charge in [-0.2, -0.15) is 0 Å². The average molecular weight is 194 g/mol. The summed E-state index contributed by atoms with van der Waals surface area (Å²) in [7, 11) is 0. The fourth-order valence-electron chi connectivity index (χ4n) is 1.37. The highest BCUT2D eigenvalue weighted by Gasteiger charge is 2.10. The molecule has 1 heterocycles. The molecule has 2 N–H and O–H groups in total. The highest BCUT2D eigenvalue weighted by atomic mass is 19.1. The lowest BCUT2D eigenvalue weighted by atomic mass is 10.1. The SMILES string of the molecule is Cc1cc(F)c2nc(N)ccc2c1F. The molecule has 2 rings (SSSR count). The molecule has 2 nitrogen and oxygen atoms in total. The Labute approximate surface area is 79.4 Å². The zero-order valence-electron chi connectivity index (χ0n) is 7.51. The summed E-state index contributed by atoms with van der Waals surface area (Å²) in [5.41, 5.74) is 5.63. The highest BCUT2D eigenvalue weighted by Crippen LogP contribution is 2.23. The maximum absolute atomic E-state index is 13.5. The van der Waals surface area contributed by atoms with Crippen LogP contribution in [0.2, 0.25) is 0 Å². The lowest BCUT2D eigenvalue weighted by Gasteiger charge is -2.03. The Morgan fingerprint density at radius 3 is 2.71 bits per heavy atom. The minimum absolute atomic E-state index is 0.0203. The van der Waals surface area contributed by atoms with Gasteiger partial charge in [-0.3, -0.25) is 0 Å². The standard InChI is InChI=1S/C10H8F2N2/c1-5-4-7(11)10-6(9(5)12)2-3-8(13)14-10/h2-4H,1H3,(H2,13,14). The molecule has 0 amide bonds. The predicted molar refractivity (Wildman–Crippen MR) is 50.8 cm³/mol. The molecule has 0 unspecified atom stereocenters. The summed E-state index contributed by atoms with van der Waals surface area (Å²) in [6.07, 6.45) is 0. The van der Waals surface area contributed by atoms with E-state index in [1.54, 1.807) is 0 Å². The van der Waals surface area contributed by atoms with Gasteiger partial charge in [0.05, 0.1) is 0 Å². The van der Waals surface area contributed by atoms with E-state index in [-0.39, 0.29) is 22.3 Å². The molecule has 0 saturated carbocycles. The third-order valence-corrected chi connectivity index (χ3v) is 2.07. The third-order valence-electron chi connectivity index (χ3n) is 2.07. The van der Waals surface area contributed by atoms with Crippen LogP contribution in [-0.2, 0) is 0 Å². The van der Waals surface area contributed by atoms with Gasteiger partial charge in [-0.1, -0.05) is 0 Å². The Bertz CT molecular complexity index is 509. The van der Waals surface area contributed by atoms with Crippen molar-refractivity contribution in [2.24, 2.45) is 0 Å². The molecule has 0 aliphatic heterocycles. The third kappa shape index (κ3) is 1.19. The molecule has 1 aromatic carbocycles. The van der Waals surface area contributed by atoms with E-state index in [9.17, 15) is 8.78 Å². The van der Waals surface area contributed by atoms with Crippen LogP contribution >= 0.6 is 0 Å². The monoisotopic (exact) mass is 194 g/mol. The first-order chi connectivity index (χ1) is 6.59. The quantitative estimate of drug-likeness (QED) is 0.699. The average Bonchev–Trinajstić information content (AvgIpc) is 2.14. The smallest absolute Gasteiger partial charge is 0.149 e. The van der Waals surface area contributed by atoms with Gasteiger partial charge in [-0.15, -0.1) is 0 Å². The van der Waals surface area contributed by atoms with Crippen LogP contribution in [0.1, 0.15) is 5.56 Å². The topological polar surface area (TPSA) is 38.9 Å².